The maximum atomic E-state index is 11.6. The number of amides is 2. The summed E-state index contributed by atoms with van der Waals surface area (Å²) in [5, 5.41) is 12.8. The van der Waals surface area contributed by atoms with Crippen LogP contribution < -0.4 is 10.6 Å². The van der Waals surface area contributed by atoms with Gasteiger partial charge in [0.25, 0.3) is 0 Å². The number of carbonyl (C=O) groups excluding carboxylic acids is 1. The van der Waals surface area contributed by atoms with Gasteiger partial charge in [-0.25, -0.2) is 4.79 Å². The van der Waals surface area contributed by atoms with Crippen LogP contribution >= 0.6 is 11.8 Å². The third-order valence-electron chi connectivity index (χ3n) is 2.46. The number of aryl methyl sites for hydroxylation is 1. The number of aromatic nitrogens is 2. The SMILES string of the molecule is CSCCCNC(=O)N[C@@H](C)Cc1cc(C)[nH]n1. The fourth-order valence-corrected chi connectivity index (χ4v) is 2.07. The number of thioether (sulfide) groups is 1. The number of carbonyl (C=O) groups is 1. The van der Waals surface area contributed by atoms with E-state index in [9.17, 15) is 4.79 Å². The molecule has 0 radical (unpaired) electrons. The molecule has 0 spiro atoms. The summed E-state index contributed by atoms with van der Waals surface area (Å²) in [6, 6.07) is 1.97. The van der Waals surface area contributed by atoms with Crippen molar-refractivity contribution in [1.29, 1.82) is 0 Å². The first-order valence-corrected chi connectivity index (χ1v) is 7.55. The maximum Gasteiger partial charge on any atom is 0.315 e. The molecule has 0 saturated heterocycles. The Labute approximate surface area is 112 Å². The van der Waals surface area contributed by atoms with Gasteiger partial charge in [-0.15, -0.1) is 0 Å². The van der Waals surface area contributed by atoms with Crippen molar-refractivity contribution in [2.45, 2.75) is 32.7 Å². The van der Waals surface area contributed by atoms with Crippen LogP contribution in [0.15, 0.2) is 6.07 Å². The summed E-state index contributed by atoms with van der Waals surface area (Å²) in [7, 11) is 0. The molecule has 0 aliphatic rings. The second-order valence-electron chi connectivity index (χ2n) is 4.39. The largest absolute Gasteiger partial charge is 0.338 e. The van der Waals surface area contributed by atoms with Gasteiger partial charge in [0.05, 0.1) is 5.69 Å². The summed E-state index contributed by atoms with van der Waals surface area (Å²) in [6.45, 7) is 4.67. The zero-order valence-electron chi connectivity index (χ0n) is 11.2. The minimum absolute atomic E-state index is 0.0771. The molecule has 1 aromatic heterocycles. The van der Waals surface area contributed by atoms with Gasteiger partial charge < -0.3 is 10.6 Å². The fraction of sp³-hybridized carbons (Fsp3) is 0.667. The topological polar surface area (TPSA) is 69.8 Å². The van der Waals surface area contributed by atoms with Crippen LogP contribution in [-0.4, -0.2) is 40.8 Å². The quantitative estimate of drug-likeness (QED) is 0.661. The molecule has 0 bridgehead atoms. The van der Waals surface area contributed by atoms with Crippen molar-refractivity contribution in [2.75, 3.05) is 18.6 Å². The minimum atomic E-state index is -0.101. The number of hydrogen-bond donors (Lipinski definition) is 3. The van der Waals surface area contributed by atoms with Crippen LogP contribution in [0.1, 0.15) is 24.7 Å². The molecule has 0 fully saturated rings. The van der Waals surface area contributed by atoms with Crippen molar-refractivity contribution < 1.29 is 4.79 Å². The lowest BCUT2D eigenvalue weighted by Gasteiger charge is -2.13. The summed E-state index contributed by atoms with van der Waals surface area (Å²) in [5.41, 5.74) is 2.02. The van der Waals surface area contributed by atoms with Crippen molar-refractivity contribution in [1.82, 2.24) is 20.8 Å². The van der Waals surface area contributed by atoms with Crippen LogP contribution in [0.25, 0.3) is 0 Å². The molecular weight excluding hydrogens is 248 g/mol. The lowest BCUT2D eigenvalue weighted by atomic mass is 10.2. The van der Waals surface area contributed by atoms with Crippen molar-refractivity contribution in [2.24, 2.45) is 0 Å². The number of urea groups is 1. The van der Waals surface area contributed by atoms with Gasteiger partial charge in [0.15, 0.2) is 0 Å². The molecule has 1 heterocycles. The lowest BCUT2D eigenvalue weighted by Crippen LogP contribution is -2.42. The molecule has 102 valence electrons. The predicted octanol–water partition coefficient (Wildman–Crippen LogP) is 1.70. The van der Waals surface area contributed by atoms with Crippen LogP contribution in [0.3, 0.4) is 0 Å². The monoisotopic (exact) mass is 270 g/mol. The molecule has 2 amide bonds. The van der Waals surface area contributed by atoms with E-state index in [-0.39, 0.29) is 12.1 Å². The highest BCUT2D eigenvalue weighted by Crippen LogP contribution is 2.01. The Kier molecular flexibility index (Phi) is 6.64. The average Bonchev–Trinajstić information content (AvgIpc) is 2.70. The van der Waals surface area contributed by atoms with Crippen molar-refractivity contribution >= 4 is 17.8 Å². The Balaban J connectivity index is 2.19. The second-order valence-corrected chi connectivity index (χ2v) is 5.38. The van der Waals surface area contributed by atoms with Gasteiger partial charge in [-0.3, -0.25) is 5.10 Å². The van der Waals surface area contributed by atoms with Crippen LogP contribution in [0, 0.1) is 6.92 Å². The summed E-state index contributed by atoms with van der Waals surface area (Å²) in [4.78, 5) is 11.6. The smallest absolute Gasteiger partial charge is 0.315 e. The summed E-state index contributed by atoms with van der Waals surface area (Å²) >= 11 is 1.79. The minimum Gasteiger partial charge on any atom is -0.338 e. The number of aromatic amines is 1. The third kappa shape index (κ3) is 5.95. The Morgan fingerprint density at radius 3 is 3.00 bits per heavy atom. The van der Waals surface area contributed by atoms with E-state index in [0.717, 1.165) is 36.5 Å². The van der Waals surface area contributed by atoms with E-state index in [1.54, 1.807) is 11.8 Å². The predicted molar refractivity (Wildman–Crippen MR) is 76.0 cm³/mol. The van der Waals surface area contributed by atoms with E-state index >= 15 is 0 Å². The Bertz CT molecular complexity index is 367. The molecule has 1 aromatic rings. The molecule has 0 saturated carbocycles. The molecule has 5 nitrogen and oxygen atoms in total. The number of H-pyrrole nitrogens is 1. The standard InChI is InChI=1S/C12H22N4OS/c1-9(7-11-8-10(2)15-16-11)14-12(17)13-5-4-6-18-3/h8-9H,4-7H2,1-3H3,(H,15,16)(H2,13,14,17)/t9-/m0/s1. The number of rotatable bonds is 7. The zero-order valence-corrected chi connectivity index (χ0v) is 12.1. The molecule has 3 N–H and O–H groups in total. The molecule has 6 heteroatoms. The number of nitrogens with zero attached hydrogens (tertiary/aromatic N) is 1. The number of hydrogen-bond acceptors (Lipinski definition) is 3. The Morgan fingerprint density at radius 2 is 2.39 bits per heavy atom. The molecule has 0 aliphatic heterocycles. The highest BCUT2D eigenvalue weighted by atomic mass is 32.2. The molecule has 1 rings (SSSR count). The van der Waals surface area contributed by atoms with Gasteiger partial charge in [0.2, 0.25) is 0 Å². The molecule has 18 heavy (non-hydrogen) atoms. The Morgan fingerprint density at radius 1 is 1.61 bits per heavy atom. The molecule has 0 unspecified atom stereocenters. The van der Waals surface area contributed by atoms with Gasteiger partial charge in [-0.05, 0) is 38.3 Å². The lowest BCUT2D eigenvalue weighted by molar-refractivity contribution is 0.237. The van der Waals surface area contributed by atoms with E-state index in [4.69, 9.17) is 0 Å². The van der Waals surface area contributed by atoms with Gasteiger partial charge in [0, 0.05) is 24.7 Å². The van der Waals surface area contributed by atoms with E-state index in [2.05, 4.69) is 27.1 Å². The van der Waals surface area contributed by atoms with Crippen LogP contribution in [0.4, 0.5) is 4.79 Å². The maximum absolute atomic E-state index is 11.6. The van der Waals surface area contributed by atoms with E-state index < -0.39 is 0 Å². The Hall–Kier alpha value is -1.17. The molecule has 0 aliphatic carbocycles. The van der Waals surface area contributed by atoms with Gasteiger partial charge in [0.1, 0.15) is 0 Å². The fourth-order valence-electron chi connectivity index (χ4n) is 1.64. The van der Waals surface area contributed by atoms with Crippen molar-refractivity contribution in [3.8, 4) is 0 Å². The first-order valence-electron chi connectivity index (χ1n) is 6.16. The van der Waals surface area contributed by atoms with E-state index in [1.807, 2.05) is 19.9 Å². The van der Waals surface area contributed by atoms with Crippen LogP contribution in [-0.2, 0) is 6.42 Å². The second kappa shape index (κ2) is 8.02. The van der Waals surface area contributed by atoms with Gasteiger partial charge in [-0.1, -0.05) is 0 Å². The van der Waals surface area contributed by atoms with Crippen molar-refractivity contribution in [3.63, 3.8) is 0 Å². The first kappa shape index (κ1) is 14.9. The van der Waals surface area contributed by atoms with Crippen molar-refractivity contribution in [3.05, 3.63) is 17.5 Å². The summed E-state index contributed by atoms with van der Waals surface area (Å²) in [5.74, 6) is 1.07. The molecule has 1 atom stereocenters. The van der Waals surface area contributed by atoms with Gasteiger partial charge in [-0.2, -0.15) is 16.9 Å². The van der Waals surface area contributed by atoms with Crippen LogP contribution in [0.5, 0.6) is 0 Å². The highest BCUT2D eigenvalue weighted by Gasteiger charge is 2.09. The number of nitrogens with one attached hydrogen (secondary N) is 3. The van der Waals surface area contributed by atoms with E-state index in [0.29, 0.717) is 0 Å². The zero-order chi connectivity index (χ0) is 13.4. The molecule has 0 aromatic carbocycles. The summed E-state index contributed by atoms with van der Waals surface area (Å²) < 4.78 is 0. The van der Waals surface area contributed by atoms with Crippen LogP contribution in [0.2, 0.25) is 0 Å². The summed E-state index contributed by atoms with van der Waals surface area (Å²) in [6.07, 6.45) is 3.80. The van der Waals surface area contributed by atoms with E-state index in [1.165, 1.54) is 0 Å². The highest BCUT2D eigenvalue weighted by molar-refractivity contribution is 7.98. The average molecular weight is 270 g/mol. The normalized spacial score (nSPS) is 12.2. The van der Waals surface area contributed by atoms with Gasteiger partial charge >= 0.3 is 6.03 Å². The first-order chi connectivity index (χ1) is 8.61. The molecular formula is C12H22N4OS. The third-order valence-corrected chi connectivity index (χ3v) is 3.16.